The number of carboxylic acids is 1. The third-order valence-electron chi connectivity index (χ3n) is 1.40. The van der Waals surface area contributed by atoms with Crippen molar-refractivity contribution >= 4 is 21.9 Å². The summed E-state index contributed by atoms with van der Waals surface area (Å²) in [6, 6.07) is -0.781. The zero-order chi connectivity index (χ0) is 9.14. The summed E-state index contributed by atoms with van der Waals surface area (Å²) in [5.41, 5.74) is 5.26. The minimum Gasteiger partial charge on any atom is -0.480 e. The molecule has 5 nitrogen and oxygen atoms in total. The van der Waals surface area contributed by atoms with Crippen molar-refractivity contribution < 1.29 is 9.90 Å². The van der Waals surface area contributed by atoms with Crippen molar-refractivity contribution in [2.75, 3.05) is 6.54 Å². The van der Waals surface area contributed by atoms with Gasteiger partial charge < -0.3 is 10.8 Å². The fraction of sp³-hybridized carbons (Fsp3) is 0.333. The molecule has 0 aliphatic heterocycles. The number of hydrogen-bond acceptors (Lipinski definition) is 3. The molecule has 0 aliphatic rings. The fourth-order valence-corrected chi connectivity index (χ4v) is 1.11. The molecular weight excluding hydrogens is 226 g/mol. The van der Waals surface area contributed by atoms with E-state index >= 15 is 0 Å². The van der Waals surface area contributed by atoms with E-state index in [9.17, 15) is 4.79 Å². The smallest absolute Gasteiger partial charge is 0.329 e. The molecule has 1 aromatic heterocycles. The number of aromatic nitrogens is 2. The molecule has 0 saturated carbocycles. The second-order valence-electron chi connectivity index (χ2n) is 2.23. The molecule has 0 spiro atoms. The Bertz CT molecular complexity index is 286. The van der Waals surface area contributed by atoms with E-state index in [1.54, 1.807) is 6.20 Å². The first-order chi connectivity index (χ1) is 5.65. The number of hydrogen-bond donors (Lipinski definition) is 2. The first kappa shape index (κ1) is 9.21. The molecule has 1 rings (SSSR count). The van der Waals surface area contributed by atoms with Gasteiger partial charge in [0, 0.05) is 12.7 Å². The molecule has 1 atom stereocenters. The van der Waals surface area contributed by atoms with Gasteiger partial charge in [-0.1, -0.05) is 0 Å². The van der Waals surface area contributed by atoms with Crippen LogP contribution in [0.3, 0.4) is 0 Å². The molecule has 1 unspecified atom stereocenters. The quantitative estimate of drug-likeness (QED) is 0.784. The van der Waals surface area contributed by atoms with Gasteiger partial charge in [0.15, 0.2) is 6.04 Å². The first-order valence-electron chi connectivity index (χ1n) is 3.27. The Morgan fingerprint density at radius 2 is 2.58 bits per heavy atom. The van der Waals surface area contributed by atoms with Gasteiger partial charge in [-0.3, -0.25) is 4.68 Å². The SMILES string of the molecule is NCC(C(=O)O)n1cc(Br)cn1. The van der Waals surface area contributed by atoms with Crippen LogP contribution in [0.25, 0.3) is 0 Å². The maximum Gasteiger partial charge on any atom is 0.329 e. The van der Waals surface area contributed by atoms with Crippen LogP contribution < -0.4 is 5.73 Å². The van der Waals surface area contributed by atoms with Gasteiger partial charge in [0.1, 0.15) is 0 Å². The predicted octanol–water partition coefficient (Wildman–Crippen LogP) is 0.230. The number of carbonyl (C=O) groups is 1. The van der Waals surface area contributed by atoms with E-state index in [0.29, 0.717) is 0 Å². The van der Waals surface area contributed by atoms with Crippen LogP contribution in [-0.2, 0) is 4.79 Å². The van der Waals surface area contributed by atoms with Gasteiger partial charge in [-0.2, -0.15) is 5.10 Å². The van der Waals surface area contributed by atoms with Crippen LogP contribution in [0.15, 0.2) is 16.9 Å². The summed E-state index contributed by atoms with van der Waals surface area (Å²) >= 11 is 3.16. The van der Waals surface area contributed by atoms with Gasteiger partial charge >= 0.3 is 5.97 Å². The van der Waals surface area contributed by atoms with Crippen molar-refractivity contribution in [1.82, 2.24) is 9.78 Å². The highest BCUT2D eigenvalue weighted by molar-refractivity contribution is 9.10. The number of nitrogens with zero attached hydrogens (tertiary/aromatic N) is 2. The van der Waals surface area contributed by atoms with Crippen molar-refractivity contribution in [1.29, 1.82) is 0 Å². The summed E-state index contributed by atoms with van der Waals surface area (Å²) in [5, 5.41) is 12.5. The van der Waals surface area contributed by atoms with E-state index in [1.807, 2.05) is 0 Å². The Hall–Kier alpha value is -0.880. The summed E-state index contributed by atoms with van der Waals surface area (Å²) in [6.07, 6.45) is 3.09. The van der Waals surface area contributed by atoms with Crippen molar-refractivity contribution in [3.8, 4) is 0 Å². The maximum atomic E-state index is 10.6. The minimum atomic E-state index is -0.979. The molecule has 0 bridgehead atoms. The van der Waals surface area contributed by atoms with Crippen LogP contribution in [0.5, 0.6) is 0 Å². The molecule has 6 heteroatoms. The largest absolute Gasteiger partial charge is 0.480 e. The molecule has 1 heterocycles. The van der Waals surface area contributed by atoms with Gasteiger partial charge in [0.2, 0.25) is 0 Å². The zero-order valence-electron chi connectivity index (χ0n) is 6.14. The lowest BCUT2D eigenvalue weighted by atomic mass is 10.3. The molecule has 0 saturated heterocycles. The number of nitrogens with two attached hydrogens (primary N) is 1. The van der Waals surface area contributed by atoms with Crippen LogP contribution >= 0.6 is 15.9 Å². The Morgan fingerprint density at radius 1 is 1.92 bits per heavy atom. The highest BCUT2D eigenvalue weighted by Gasteiger charge is 2.17. The zero-order valence-corrected chi connectivity index (χ0v) is 7.73. The van der Waals surface area contributed by atoms with Gasteiger partial charge in [-0.15, -0.1) is 0 Å². The van der Waals surface area contributed by atoms with E-state index in [2.05, 4.69) is 21.0 Å². The second-order valence-corrected chi connectivity index (χ2v) is 3.14. The predicted molar refractivity (Wildman–Crippen MR) is 45.7 cm³/mol. The van der Waals surface area contributed by atoms with E-state index < -0.39 is 12.0 Å². The van der Waals surface area contributed by atoms with Crippen LogP contribution in [0, 0.1) is 0 Å². The van der Waals surface area contributed by atoms with Gasteiger partial charge in [0.05, 0.1) is 10.7 Å². The van der Waals surface area contributed by atoms with Gasteiger partial charge in [0.25, 0.3) is 0 Å². The molecule has 0 aromatic carbocycles. The lowest BCUT2D eigenvalue weighted by Crippen LogP contribution is -2.27. The summed E-state index contributed by atoms with van der Waals surface area (Å²) in [6.45, 7) is 0.0312. The third-order valence-corrected chi connectivity index (χ3v) is 1.81. The number of carboxylic acid groups (broad SMARTS) is 1. The normalized spacial score (nSPS) is 12.8. The van der Waals surface area contributed by atoms with Gasteiger partial charge in [-0.25, -0.2) is 4.79 Å². The molecule has 1 aromatic rings. The van der Waals surface area contributed by atoms with Crippen molar-refractivity contribution in [2.45, 2.75) is 6.04 Å². The highest BCUT2D eigenvalue weighted by atomic mass is 79.9. The van der Waals surface area contributed by atoms with Gasteiger partial charge in [-0.05, 0) is 15.9 Å². The topological polar surface area (TPSA) is 81.1 Å². The fourth-order valence-electron chi connectivity index (χ4n) is 0.807. The van der Waals surface area contributed by atoms with Crippen molar-refractivity contribution in [2.24, 2.45) is 5.73 Å². The molecule has 0 radical (unpaired) electrons. The minimum absolute atomic E-state index is 0.0312. The molecule has 12 heavy (non-hydrogen) atoms. The Balaban J connectivity index is 2.87. The summed E-state index contributed by atoms with van der Waals surface area (Å²) in [7, 11) is 0. The number of rotatable bonds is 3. The van der Waals surface area contributed by atoms with E-state index in [-0.39, 0.29) is 6.54 Å². The van der Waals surface area contributed by atoms with E-state index in [4.69, 9.17) is 10.8 Å². The lowest BCUT2D eigenvalue weighted by molar-refractivity contribution is -0.140. The standard InChI is InChI=1S/C6H8BrN3O2/c7-4-2-9-10(3-4)5(1-8)6(11)12/h2-3,5H,1,8H2,(H,11,12). The number of halogens is 1. The monoisotopic (exact) mass is 233 g/mol. The Labute approximate surface area is 77.3 Å². The van der Waals surface area contributed by atoms with Crippen LogP contribution in [0.1, 0.15) is 6.04 Å². The van der Waals surface area contributed by atoms with E-state index in [1.165, 1.54) is 10.9 Å². The molecule has 0 amide bonds. The average molecular weight is 234 g/mol. The molecule has 66 valence electrons. The first-order valence-corrected chi connectivity index (χ1v) is 4.07. The highest BCUT2D eigenvalue weighted by Crippen LogP contribution is 2.10. The maximum absolute atomic E-state index is 10.6. The molecule has 0 aliphatic carbocycles. The average Bonchev–Trinajstić information content (AvgIpc) is 2.37. The Kier molecular flexibility index (Phi) is 2.83. The lowest BCUT2D eigenvalue weighted by Gasteiger charge is -2.08. The van der Waals surface area contributed by atoms with Crippen LogP contribution in [0.2, 0.25) is 0 Å². The van der Waals surface area contributed by atoms with Crippen molar-refractivity contribution in [3.63, 3.8) is 0 Å². The molecule has 0 fully saturated rings. The summed E-state index contributed by atoms with van der Waals surface area (Å²) in [5.74, 6) is -0.979. The van der Waals surface area contributed by atoms with Crippen molar-refractivity contribution in [3.05, 3.63) is 16.9 Å². The Morgan fingerprint density at radius 3 is 2.92 bits per heavy atom. The third kappa shape index (κ3) is 1.83. The van der Waals surface area contributed by atoms with E-state index in [0.717, 1.165) is 4.47 Å². The summed E-state index contributed by atoms with van der Waals surface area (Å²) < 4.78 is 2.05. The van der Waals surface area contributed by atoms with Crippen LogP contribution in [-0.4, -0.2) is 27.4 Å². The summed E-state index contributed by atoms with van der Waals surface area (Å²) in [4.78, 5) is 10.6. The molecule has 3 N–H and O–H groups in total. The molecular formula is C6H8BrN3O2. The van der Waals surface area contributed by atoms with Crippen LogP contribution in [0.4, 0.5) is 0 Å². The number of aliphatic carboxylic acids is 1. The second kappa shape index (κ2) is 3.68.